The van der Waals surface area contributed by atoms with Gasteiger partial charge in [-0.25, -0.2) is 0 Å². The minimum absolute atomic E-state index is 0.121. The lowest BCUT2D eigenvalue weighted by Gasteiger charge is -2.33. The van der Waals surface area contributed by atoms with E-state index in [1.165, 1.54) is 112 Å². The smallest absolute Gasteiger partial charge is 0.0712 e. The number of unbranched alkanes of at least 4 members (excludes halogenated alkanes) is 10. The van der Waals surface area contributed by atoms with Crippen LogP contribution in [-0.2, 0) is 5.41 Å². The van der Waals surface area contributed by atoms with Crippen LogP contribution in [0.15, 0.2) is 36.4 Å². The summed E-state index contributed by atoms with van der Waals surface area (Å²) in [6.45, 7) is 4.61. The van der Waals surface area contributed by atoms with Crippen LogP contribution < -0.4 is 0 Å². The Kier molecular flexibility index (Phi) is 12.9. The second-order valence-electron chi connectivity index (χ2n) is 10.3. The van der Waals surface area contributed by atoms with Crippen LogP contribution in [0.3, 0.4) is 0 Å². The maximum Gasteiger partial charge on any atom is 0.0946 e. The van der Waals surface area contributed by atoms with Crippen LogP contribution in [-0.4, -0.2) is 0 Å². The van der Waals surface area contributed by atoms with Crippen LogP contribution in [0.25, 0.3) is 11.1 Å². The molecule has 0 radical (unpaired) electrons. The second-order valence-corrected chi connectivity index (χ2v) is 16.4. The lowest BCUT2D eigenvalue weighted by atomic mass is 9.70. The SMILES string of the molecule is CCCCCCCCC1(CCCCCCCC)c2cc(C(Br)Br)ccc2-c2ccc(C(Br)Br)cc21. The molecule has 0 amide bonds. The zero-order chi connectivity index (χ0) is 25.3. The molecule has 0 atom stereocenters. The van der Waals surface area contributed by atoms with Crippen LogP contribution in [0.2, 0.25) is 0 Å². The number of fused-ring (bicyclic) bond motifs is 3. The molecule has 0 heterocycles. The lowest BCUT2D eigenvalue weighted by molar-refractivity contribution is 0.397. The first kappa shape index (κ1) is 29.9. The summed E-state index contributed by atoms with van der Waals surface area (Å²) in [5.74, 6) is 0. The van der Waals surface area contributed by atoms with Gasteiger partial charge in [-0.2, -0.15) is 0 Å². The molecule has 0 aromatic heterocycles. The van der Waals surface area contributed by atoms with Crippen LogP contribution in [0.5, 0.6) is 0 Å². The summed E-state index contributed by atoms with van der Waals surface area (Å²) in [5, 5.41) is 0. The van der Waals surface area contributed by atoms with Crippen molar-refractivity contribution in [3.05, 3.63) is 58.7 Å². The maximum atomic E-state index is 3.77. The highest BCUT2D eigenvalue weighted by Crippen LogP contribution is 2.56. The first-order valence-electron chi connectivity index (χ1n) is 13.8. The summed E-state index contributed by atoms with van der Waals surface area (Å²) in [4.78, 5) is 0. The van der Waals surface area contributed by atoms with Crippen molar-refractivity contribution in [1.29, 1.82) is 0 Å². The number of alkyl halides is 4. The maximum absolute atomic E-state index is 3.77. The van der Waals surface area contributed by atoms with Gasteiger partial charge in [0.05, 0.1) is 7.47 Å². The molecular formula is C31H42Br4. The molecule has 0 N–H and O–H groups in total. The van der Waals surface area contributed by atoms with E-state index in [2.05, 4.69) is 114 Å². The van der Waals surface area contributed by atoms with Crippen molar-refractivity contribution < 1.29 is 0 Å². The molecule has 0 saturated heterocycles. The fourth-order valence-electron chi connectivity index (χ4n) is 5.88. The molecule has 3 rings (SSSR count). The minimum atomic E-state index is 0.121. The molecular weight excluding hydrogens is 692 g/mol. The summed E-state index contributed by atoms with van der Waals surface area (Å²) in [5.41, 5.74) is 8.80. The normalized spacial score (nSPS) is 14.1. The number of benzene rings is 2. The molecule has 0 saturated carbocycles. The van der Waals surface area contributed by atoms with Gasteiger partial charge in [0.2, 0.25) is 0 Å². The average Bonchev–Trinajstić information content (AvgIpc) is 3.12. The molecule has 0 spiro atoms. The quantitative estimate of drug-likeness (QED) is 0.119. The van der Waals surface area contributed by atoms with Crippen LogP contribution in [0.4, 0.5) is 0 Å². The zero-order valence-corrected chi connectivity index (χ0v) is 27.9. The number of hydrogen-bond acceptors (Lipinski definition) is 0. The van der Waals surface area contributed by atoms with Gasteiger partial charge in [-0.05, 0) is 46.2 Å². The van der Waals surface area contributed by atoms with Crippen molar-refractivity contribution in [3.8, 4) is 11.1 Å². The van der Waals surface area contributed by atoms with Gasteiger partial charge in [0.15, 0.2) is 0 Å². The monoisotopic (exact) mass is 730 g/mol. The van der Waals surface area contributed by atoms with Gasteiger partial charge in [-0.15, -0.1) is 0 Å². The van der Waals surface area contributed by atoms with E-state index >= 15 is 0 Å². The van der Waals surface area contributed by atoms with Gasteiger partial charge in [-0.1, -0.05) is 191 Å². The summed E-state index contributed by atoms with van der Waals surface area (Å²) in [6.07, 6.45) is 18.7. The fraction of sp³-hybridized carbons (Fsp3) is 0.613. The van der Waals surface area contributed by atoms with Gasteiger partial charge < -0.3 is 0 Å². The minimum Gasteiger partial charge on any atom is -0.0712 e. The Morgan fingerprint density at radius 3 is 1.29 bits per heavy atom. The van der Waals surface area contributed by atoms with E-state index in [1.807, 2.05) is 0 Å². The molecule has 35 heavy (non-hydrogen) atoms. The molecule has 0 unspecified atom stereocenters. The molecule has 1 aliphatic carbocycles. The van der Waals surface area contributed by atoms with E-state index in [0.717, 1.165) is 0 Å². The Bertz CT molecular complexity index is 843. The van der Waals surface area contributed by atoms with E-state index in [0.29, 0.717) is 0 Å². The van der Waals surface area contributed by atoms with Crippen LogP contribution in [0.1, 0.15) is 133 Å². The summed E-state index contributed by atoms with van der Waals surface area (Å²) < 4.78 is 0.379. The third-order valence-corrected chi connectivity index (χ3v) is 9.94. The summed E-state index contributed by atoms with van der Waals surface area (Å²) in [6, 6.07) is 14.3. The van der Waals surface area contributed by atoms with Crippen LogP contribution >= 0.6 is 63.7 Å². The van der Waals surface area contributed by atoms with Crippen molar-refractivity contribution >= 4 is 63.7 Å². The molecule has 2 aromatic rings. The Morgan fingerprint density at radius 2 is 0.914 bits per heavy atom. The molecule has 2 aromatic carbocycles. The summed E-state index contributed by atoms with van der Waals surface area (Å²) in [7, 11) is 0. The van der Waals surface area contributed by atoms with E-state index in [4.69, 9.17) is 0 Å². The molecule has 0 fully saturated rings. The molecule has 0 nitrogen and oxygen atoms in total. The largest absolute Gasteiger partial charge is 0.0946 e. The predicted molar refractivity (Wildman–Crippen MR) is 170 cm³/mol. The fourth-order valence-corrected chi connectivity index (χ4v) is 7.02. The highest BCUT2D eigenvalue weighted by molar-refractivity contribution is 9.24. The standard InChI is InChI=1S/C31H42Br4/c1-3-5-7-9-11-13-19-31(20-14-12-10-8-6-4-2)27-21-23(29(32)33)15-17-25(27)26-18-16-24(30(34)35)22-28(26)31/h15-18,21-22,29-30H,3-14,19-20H2,1-2H3. The third-order valence-electron chi connectivity index (χ3n) is 7.83. The van der Waals surface area contributed by atoms with Gasteiger partial charge >= 0.3 is 0 Å². The van der Waals surface area contributed by atoms with Crippen LogP contribution in [0, 0.1) is 0 Å². The van der Waals surface area contributed by atoms with Gasteiger partial charge in [0, 0.05) is 5.41 Å². The van der Waals surface area contributed by atoms with E-state index in [1.54, 1.807) is 11.1 Å². The summed E-state index contributed by atoms with van der Waals surface area (Å²) >= 11 is 15.1. The van der Waals surface area contributed by atoms with Gasteiger partial charge in [-0.3, -0.25) is 0 Å². The highest BCUT2D eigenvalue weighted by Gasteiger charge is 2.42. The van der Waals surface area contributed by atoms with Crippen molar-refractivity contribution in [2.24, 2.45) is 0 Å². The second kappa shape index (κ2) is 15.1. The predicted octanol–water partition coefficient (Wildman–Crippen LogP) is 13.0. The van der Waals surface area contributed by atoms with E-state index < -0.39 is 0 Å². The van der Waals surface area contributed by atoms with E-state index in [-0.39, 0.29) is 12.9 Å². The Labute approximate surface area is 248 Å². The first-order valence-corrected chi connectivity index (χ1v) is 17.5. The Morgan fingerprint density at radius 1 is 0.543 bits per heavy atom. The molecule has 0 aliphatic heterocycles. The molecule has 4 heteroatoms. The highest BCUT2D eigenvalue weighted by atomic mass is 79.9. The van der Waals surface area contributed by atoms with Crippen molar-refractivity contribution in [1.82, 2.24) is 0 Å². The van der Waals surface area contributed by atoms with E-state index in [9.17, 15) is 0 Å². The van der Waals surface area contributed by atoms with Gasteiger partial charge in [0.1, 0.15) is 0 Å². The zero-order valence-electron chi connectivity index (χ0n) is 21.5. The average molecular weight is 734 g/mol. The van der Waals surface area contributed by atoms with Gasteiger partial charge in [0.25, 0.3) is 0 Å². The third kappa shape index (κ3) is 7.70. The number of rotatable bonds is 16. The Hall–Kier alpha value is 0.360. The molecule has 0 bridgehead atoms. The first-order chi connectivity index (χ1) is 16.9. The number of hydrogen-bond donors (Lipinski definition) is 0. The molecule has 194 valence electrons. The van der Waals surface area contributed by atoms with Crippen molar-refractivity contribution in [3.63, 3.8) is 0 Å². The lowest BCUT2D eigenvalue weighted by Crippen LogP contribution is -2.26. The Balaban J connectivity index is 1.97. The van der Waals surface area contributed by atoms with Crippen molar-refractivity contribution in [2.75, 3.05) is 0 Å². The topological polar surface area (TPSA) is 0 Å². The number of halogens is 4. The molecule has 1 aliphatic rings. The van der Waals surface area contributed by atoms with Crippen molar-refractivity contribution in [2.45, 2.75) is 117 Å².